The second-order valence-corrected chi connectivity index (χ2v) is 6.18. The molecule has 6 heteroatoms. The molecule has 0 aromatic heterocycles. The third-order valence-electron chi connectivity index (χ3n) is 4.03. The van der Waals surface area contributed by atoms with Crippen molar-refractivity contribution in [2.24, 2.45) is 0 Å². The van der Waals surface area contributed by atoms with Crippen LogP contribution in [0.15, 0.2) is 18.2 Å². The monoisotopic (exact) mass is 310 g/mol. The maximum atomic E-state index is 12.4. The summed E-state index contributed by atoms with van der Waals surface area (Å²) in [4.78, 5) is 16.9. The third-order valence-corrected chi connectivity index (χ3v) is 4.27. The molecule has 0 saturated carbocycles. The van der Waals surface area contributed by atoms with Gasteiger partial charge >= 0.3 is 0 Å². The molecule has 116 valence electrons. The van der Waals surface area contributed by atoms with Gasteiger partial charge in [-0.25, -0.2) is 0 Å². The summed E-state index contributed by atoms with van der Waals surface area (Å²) in [7, 11) is 2.10. The molecule has 1 amide bonds. The molecule has 3 N–H and O–H groups in total. The lowest BCUT2D eigenvalue weighted by molar-refractivity contribution is -0.122. The highest BCUT2D eigenvalue weighted by molar-refractivity contribution is 6.31. The van der Waals surface area contributed by atoms with E-state index in [9.17, 15) is 4.79 Å². The molecule has 0 spiro atoms. The quantitative estimate of drug-likeness (QED) is 0.837. The van der Waals surface area contributed by atoms with Gasteiger partial charge in [0.15, 0.2) is 0 Å². The van der Waals surface area contributed by atoms with Crippen LogP contribution in [-0.4, -0.2) is 54.5 Å². The van der Waals surface area contributed by atoms with Gasteiger partial charge in [-0.05, 0) is 39.1 Å². The number of rotatable bonds is 3. The Morgan fingerprint density at radius 2 is 2.19 bits per heavy atom. The Balaban J connectivity index is 2.04. The Hall–Kier alpha value is -1.30. The predicted molar refractivity (Wildman–Crippen MR) is 87.6 cm³/mol. The number of nitrogens with zero attached hydrogens (tertiary/aromatic N) is 2. The van der Waals surface area contributed by atoms with Crippen LogP contribution >= 0.6 is 11.6 Å². The Labute approximate surface area is 131 Å². The number of benzene rings is 1. The van der Waals surface area contributed by atoms with Gasteiger partial charge in [-0.2, -0.15) is 0 Å². The van der Waals surface area contributed by atoms with E-state index in [1.54, 1.807) is 18.2 Å². The molecule has 21 heavy (non-hydrogen) atoms. The SMILES string of the molecule is CC1CN(C)CCN1C(C)C(=O)Nc1cc(Cl)ccc1N. The summed E-state index contributed by atoms with van der Waals surface area (Å²) in [5, 5.41) is 3.43. The van der Waals surface area contributed by atoms with Crippen molar-refractivity contribution < 1.29 is 4.79 Å². The van der Waals surface area contributed by atoms with Crippen LogP contribution < -0.4 is 11.1 Å². The average molecular weight is 311 g/mol. The first-order chi connectivity index (χ1) is 9.88. The van der Waals surface area contributed by atoms with Gasteiger partial charge in [-0.3, -0.25) is 9.69 Å². The summed E-state index contributed by atoms with van der Waals surface area (Å²) < 4.78 is 0. The van der Waals surface area contributed by atoms with Gasteiger partial charge in [0.05, 0.1) is 17.4 Å². The normalized spacial score (nSPS) is 22.0. The Kier molecular flexibility index (Phi) is 5.08. The van der Waals surface area contributed by atoms with Crippen molar-refractivity contribution in [1.29, 1.82) is 0 Å². The zero-order chi connectivity index (χ0) is 15.6. The maximum Gasteiger partial charge on any atom is 0.241 e. The smallest absolute Gasteiger partial charge is 0.241 e. The molecule has 5 nitrogen and oxygen atoms in total. The fourth-order valence-corrected chi connectivity index (χ4v) is 2.93. The molecule has 1 aromatic carbocycles. The van der Waals surface area contributed by atoms with E-state index in [-0.39, 0.29) is 11.9 Å². The lowest BCUT2D eigenvalue weighted by Gasteiger charge is -2.41. The van der Waals surface area contributed by atoms with Crippen LogP contribution in [0.25, 0.3) is 0 Å². The minimum Gasteiger partial charge on any atom is -0.397 e. The van der Waals surface area contributed by atoms with Gasteiger partial charge < -0.3 is 16.0 Å². The lowest BCUT2D eigenvalue weighted by Crippen LogP contribution is -2.56. The summed E-state index contributed by atoms with van der Waals surface area (Å²) in [6, 6.07) is 5.22. The zero-order valence-corrected chi connectivity index (χ0v) is 13.5. The first-order valence-corrected chi connectivity index (χ1v) is 7.56. The molecule has 2 atom stereocenters. The van der Waals surface area contributed by atoms with Crippen LogP contribution in [0.4, 0.5) is 11.4 Å². The summed E-state index contributed by atoms with van der Waals surface area (Å²) in [5.41, 5.74) is 6.96. The standard InChI is InChI=1S/C15H23ClN4O/c1-10-9-19(3)6-7-20(10)11(2)15(21)18-14-8-12(16)4-5-13(14)17/h4-5,8,10-11H,6-7,9,17H2,1-3H3,(H,18,21). The van der Waals surface area contributed by atoms with Gasteiger partial charge in [0.1, 0.15) is 0 Å². The molecule has 1 saturated heterocycles. The van der Waals surface area contributed by atoms with Gasteiger partial charge in [-0.1, -0.05) is 11.6 Å². The Morgan fingerprint density at radius 3 is 2.86 bits per heavy atom. The van der Waals surface area contributed by atoms with E-state index in [1.165, 1.54) is 0 Å². The number of hydrogen-bond acceptors (Lipinski definition) is 4. The number of carbonyl (C=O) groups excluding carboxylic acids is 1. The number of nitrogens with two attached hydrogens (primary N) is 1. The minimum absolute atomic E-state index is 0.0552. The van der Waals surface area contributed by atoms with Gasteiger partial charge in [0.2, 0.25) is 5.91 Å². The van der Waals surface area contributed by atoms with E-state index in [0.29, 0.717) is 22.4 Å². The van der Waals surface area contributed by atoms with E-state index < -0.39 is 0 Å². The molecule has 1 fully saturated rings. The van der Waals surface area contributed by atoms with E-state index in [4.69, 9.17) is 17.3 Å². The fraction of sp³-hybridized carbons (Fsp3) is 0.533. The number of carbonyl (C=O) groups is 1. The largest absolute Gasteiger partial charge is 0.397 e. The second-order valence-electron chi connectivity index (χ2n) is 5.75. The van der Waals surface area contributed by atoms with Crippen molar-refractivity contribution in [3.05, 3.63) is 23.2 Å². The number of anilines is 2. The van der Waals surface area contributed by atoms with E-state index in [0.717, 1.165) is 19.6 Å². The minimum atomic E-state index is -0.202. The summed E-state index contributed by atoms with van der Waals surface area (Å²) in [6.45, 7) is 6.90. The number of nitrogen functional groups attached to an aromatic ring is 1. The maximum absolute atomic E-state index is 12.4. The zero-order valence-electron chi connectivity index (χ0n) is 12.8. The van der Waals surface area contributed by atoms with Crippen LogP contribution in [0.3, 0.4) is 0 Å². The van der Waals surface area contributed by atoms with Crippen molar-refractivity contribution in [2.75, 3.05) is 37.7 Å². The van der Waals surface area contributed by atoms with Crippen LogP contribution in [0.2, 0.25) is 5.02 Å². The molecule has 2 rings (SSSR count). The average Bonchev–Trinajstić information content (AvgIpc) is 2.42. The van der Waals surface area contributed by atoms with E-state index >= 15 is 0 Å². The molecule has 1 aliphatic rings. The summed E-state index contributed by atoms with van der Waals surface area (Å²) in [5.74, 6) is -0.0552. The molecule has 0 radical (unpaired) electrons. The van der Waals surface area contributed by atoms with Crippen molar-refractivity contribution in [3.63, 3.8) is 0 Å². The van der Waals surface area contributed by atoms with Crippen molar-refractivity contribution >= 4 is 28.9 Å². The first kappa shape index (κ1) is 16.1. The lowest BCUT2D eigenvalue weighted by atomic mass is 10.1. The fourth-order valence-electron chi connectivity index (χ4n) is 2.75. The molecule has 2 unspecified atom stereocenters. The van der Waals surface area contributed by atoms with Crippen LogP contribution in [0, 0.1) is 0 Å². The molecule has 0 bridgehead atoms. The number of hydrogen-bond donors (Lipinski definition) is 2. The molecule has 1 heterocycles. The topological polar surface area (TPSA) is 61.6 Å². The van der Waals surface area contributed by atoms with Crippen LogP contribution in [-0.2, 0) is 4.79 Å². The summed E-state index contributed by atoms with van der Waals surface area (Å²) >= 11 is 5.94. The van der Waals surface area contributed by atoms with Crippen molar-refractivity contribution in [3.8, 4) is 0 Å². The summed E-state index contributed by atoms with van der Waals surface area (Å²) in [6.07, 6.45) is 0. The van der Waals surface area contributed by atoms with Crippen molar-refractivity contribution in [1.82, 2.24) is 9.80 Å². The number of amides is 1. The number of piperazine rings is 1. The number of nitrogens with one attached hydrogen (secondary N) is 1. The predicted octanol–water partition coefficient (Wildman–Crippen LogP) is 1.89. The Morgan fingerprint density at radius 1 is 1.48 bits per heavy atom. The highest BCUT2D eigenvalue weighted by atomic mass is 35.5. The number of halogens is 1. The molecule has 1 aromatic rings. The molecular formula is C15H23ClN4O. The molecular weight excluding hydrogens is 288 g/mol. The van der Waals surface area contributed by atoms with Crippen LogP contribution in [0.5, 0.6) is 0 Å². The van der Waals surface area contributed by atoms with Gasteiger partial charge in [0, 0.05) is 30.7 Å². The Bertz CT molecular complexity index is 522. The highest BCUT2D eigenvalue weighted by Crippen LogP contribution is 2.23. The van der Waals surface area contributed by atoms with E-state index in [1.807, 2.05) is 6.92 Å². The molecule has 1 aliphatic heterocycles. The number of likely N-dealkylation sites (N-methyl/N-ethyl adjacent to an activating group) is 1. The van der Waals surface area contributed by atoms with Crippen LogP contribution in [0.1, 0.15) is 13.8 Å². The third kappa shape index (κ3) is 3.87. The van der Waals surface area contributed by atoms with Gasteiger partial charge in [-0.15, -0.1) is 0 Å². The second kappa shape index (κ2) is 6.64. The van der Waals surface area contributed by atoms with Crippen molar-refractivity contribution in [2.45, 2.75) is 25.9 Å². The van der Waals surface area contributed by atoms with E-state index in [2.05, 4.69) is 29.1 Å². The van der Waals surface area contributed by atoms with Gasteiger partial charge in [0.25, 0.3) is 0 Å². The molecule has 0 aliphatic carbocycles. The highest BCUT2D eigenvalue weighted by Gasteiger charge is 2.29. The first-order valence-electron chi connectivity index (χ1n) is 7.18.